The van der Waals surface area contributed by atoms with E-state index in [9.17, 15) is 0 Å². The van der Waals surface area contributed by atoms with Crippen LogP contribution in [0.1, 0.15) is 22.3 Å². The summed E-state index contributed by atoms with van der Waals surface area (Å²) >= 11 is 0. The summed E-state index contributed by atoms with van der Waals surface area (Å²) < 4.78 is 2.40. The van der Waals surface area contributed by atoms with E-state index < -0.39 is 5.41 Å². The Kier molecular flexibility index (Phi) is 9.77. The van der Waals surface area contributed by atoms with Crippen molar-refractivity contribution in [3.8, 4) is 50.2 Å². The fourth-order valence-electron chi connectivity index (χ4n) is 11.2. The maximum atomic E-state index is 2.47. The van der Waals surface area contributed by atoms with E-state index in [1.807, 2.05) is 0 Å². The summed E-state index contributed by atoms with van der Waals surface area (Å²) in [5, 5.41) is 2.53. The number of benzene rings is 11. The van der Waals surface area contributed by atoms with E-state index in [4.69, 9.17) is 0 Å². The quantitative estimate of drug-likeness (QED) is 0.140. The molecule has 2 nitrogen and oxygen atoms in total. The highest BCUT2D eigenvalue weighted by atomic mass is 15.1. The zero-order chi connectivity index (χ0) is 45.7. The molecule has 324 valence electrons. The summed E-state index contributed by atoms with van der Waals surface area (Å²) in [6, 6.07) is 102. The number of anilines is 3. The lowest BCUT2D eigenvalue weighted by atomic mass is 9.67. The molecular formula is C67H46N2. The highest BCUT2D eigenvalue weighted by Crippen LogP contribution is 2.59. The Morgan fingerprint density at radius 3 is 1.25 bits per heavy atom. The van der Waals surface area contributed by atoms with Crippen LogP contribution in [-0.4, -0.2) is 4.57 Å². The molecule has 13 rings (SSSR count). The number of rotatable bonds is 9. The number of aromatic nitrogens is 1. The summed E-state index contributed by atoms with van der Waals surface area (Å²) in [4.78, 5) is 2.42. The topological polar surface area (TPSA) is 8.17 Å². The van der Waals surface area contributed by atoms with Gasteiger partial charge >= 0.3 is 0 Å². The van der Waals surface area contributed by atoms with Gasteiger partial charge in [0, 0.05) is 33.5 Å². The molecule has 0 spiro atoms. The number of para-hydroxylation sites is 2. The van der Waals surface area contributed by atoms with Gasteiger partial charge in [-0.05, 0) is 127 Å². The summed E-state index contributed by atoms with van der Waals surface area (Å²) in [7, 11) is 0. The van der Waals surface area contributed by atoms with Crippen molar-refractivity contribution < 1.29 is 0 Å². The molecule has 0 radical (unpaired) electrons. The standard InChI is InChI=1S/C67H46N2/c1-5-18-47(19-6-1)49-32-38-54(39-33-49)68(55-40-34-50(35-41-55)48-20-7-2-8-21-48)57-44-45-61-63(46-57)67(52-22-9-3-10-23-52,53-24-11-4-12-25-53)62-29-17-28-58(66(61)62)51-36-42-56(43-37-51)69-64-30-15-13-26-59(64)60-27-14-16-31-65(60)69/h1-46H. The third kappa shape index (κ3) is 6.64. The molecule has 0 bridgehead atoms. The Labute approximate surface area is 403 Å². The Balaban J connectivity index is 1.01. The van der Waals surface area contributed by atoms with Crippen molar-refractivity contribution in [3.05, 3.63) is 301 Å². The monoisotopic (exact) mass is 878 g/mol. The van der Waals surface area contributed by atoms with Gasteiger partial charge < -0.3 is 9.47 Å². The molecule has 1 heterocycles. The van der Waals surface area contributed by atoms with E-state index >= 15 is 0 Å². The number of nitrogens with zero attached hydrogens (tertiary/aromatic N) is 2. The van der Waals surface area contributed by atoms with Gasteiger partial charge in [-0.15, -0.1) is 0 Å². The van der Waals surface area contributed by atoms with E-state index in [0.717, 1.165) is 22.7 Å². The summed E-state index contributed by atoms with van der Waals surface area (Å²) in [5.41, 5.74) is 20.9. The van der Waals surface area contributed by atoms with E-state index in [0.29, 0.717) is 0 Å². The van der Waals surface area contributed by atoms with E-state index in [1.54, 1.807) is 0 Å². The van der Waals surface area contributed by atoms with Crippen molar-refractivity contribution >= 4 is 38.9 Å². The van der Waals surface area contributed by atoms with Crippen LogP contribution in [0.15, 0.2) is 279 Å². The Morgan fingerprint density at radius 2 is 0.725 bits per heavy atom. The minimum absolute atomic E-state index is 0.609. The second-order valence-electron chi connectivity index (χ2n) is 18.0. The first kappa shape index (κ1) is 40.3. The molecule has 12 aromatic rings. The highest BCUT2D eigenvalue weighted by molar-refractivity contribution is 6.09. The zero-order valence-electron chi connectivity index (χ0n) is 38.0. The predicted octanol–water partition coefficient (Wildman–Crippen LogP) is 17.6. The molecule has 0 atom stereocenters. The first-order valence-corrected chi connectivity index (χ1v) is 23.8. The van der Waals surface area contributed by atoms with E-state index in [1.165, 1.54) is 88.6 Å². The third-order valence-electron chi connectivity index (χ3n) is 14.3. The predicted molar refractivity (Wildman–Crippen MR) is 289 cm³/mol. The molecule has 0 unspecified atom stereocenters. The highest BCUT2D eigenvalue weighted by Gasteiger charge is 2.47. The third-order valence-corrected chi connectivity index (χ3v) is 14.3. The molecule has 69 heavy (non-hydrogen) atoms. The van der Waals surface area contributed by atoms with Gasteiger partial charge in [0.1, 0.15) is 0 Å². The molecule has 0 fully saturated rings. The van der Waals surface area contributed by atoms with Gasteiger partial charge in [-0.1, -0.05) is 218 Å². The molecule has 1 aromatic heterocycles. The van der Waals surface area contributed by atoms with Gasteiger partial charge in [0.2, 0.25) is 0 Å². The molecule has 0 N–H and O–H groups in total. The lowest BCUT2D eigenvalue weighted by molar-refractivity contribution is 0.768. The van der Waals surface area contributed by atoms with Crippen LogP contribution in [0.5, 0.6) is 0 Å². The molecule has 2 heteroatoms. The molecule has 11 aromatic carbocycles. The van der Waals surface area contributed by atoms with Crippen molar-refractivity contribution in [1.82, 2.24) is 4.57 Å². The number of fused-ring (bicyclic) bond motifs is 6. The van der Waals surface area contributed by atoms with Crippen molar-refractivity contribution in [1.29, 1.82) is 0 Å². The van der Waals surface area contributed by atoms with Crippen molar-refractivity contribution in [2.24, 2.45) is 0 Å². The van der Waals surface area contributed by atoms with Gasteiger partial charge in [-0.3, -0.25) is 0 Å². The van der Waals surface area contributed by atoms with Crippen LogP contribution in [0, 0.1) is 0 Å². The maximum Gasteiger partial charge on any atom is 0.0714 e. The van der Waals surface area contributed by atoms with Crippen LogP contribution in [0.25, 0.3) is 72.0 Å². The molecular weight excluding hydrogens is 833 g/mol. The normalized spacial score (nSPS) is 12.5. The fraction of sp³-hybridized carbons (Fsp3) is 0.0149. The first-order chi connectivity index (χ1) is 34.2. The molecule has 1 aliphatic carbocycles. The van der Waals surface area contributed by atoms with Crippen molar-refractivity contribution in [2.75, 3.05) is 4.90 Å². The molecule has 0 amide bonds. The zero-order valence-corrected chi connectivity index (χ0v) is 38.0. The molecule has 0 aliphatic heterocycles. The van der Waals surface area contributed by atoms with Crippen LogP contribution in [0.4, 0.5) is 17.1 Å². The number of hydrogen-bond donors (Lipinski definition) is 0. The van der Waals surface area contributed by atoms with Gasteiger partial charge in [0.05, 0.1) is 16.4 Å². The van der Waals surface area contributed by atoms with Crippen LogP contribution in [-0.2, 0) is 5.41 Å². The van der Waals surface area contributed by atoms with Crippen LogP contribution in [0.2, 0.25) is 0 Å². The van der Waals surface area contributed by atoms with Crippen molar-refractivity contribution in [2.45, 2.75) is 5.41 Å². The summed E-state index contributed by atoms with van der Waals surface area (Å²) in [6.07, 6.45) is 0. The van der Waals surface area contributed by atoms with Gasteiger partial charge in [0.15, 0.2) is 0 Å². The fourth-order valence-corrected chi connectivity index (χ4v) is 11.2. The van der Waals surface area contributed by atoms with Crippen LogP contribution in [0.3, 0.4) is 0 Å². The minimum Gasteiger partial charge on any atom is -0.310 e. The number of hydrogen-bond acceptors (Lipinski definition) is 1. The second kappa shape index (κ2) is 16.7. The second-order valence-corrected chi connectivity index (χ2v) is 18.0. The lowest BCUT2D eigenvalue weighted by Gasteiger charge is -2.35. The Bertz CT molecular complexity index is 3610. The SMILES string of the molecule is c1ccc(-c2ccc(N(c3ccc(-c4ccccc4)cc3)c3ccc4c(c3)C(c3ccccc3)(c3ccccc3)c3cccc(-c5ccc(-n6c7ccccc7c7ccccc76)cc5)c3-4)cc2)cc1. The van der Waals surface area contributed by atoms with Crippen molar-refractivity contribution in [3.63, 3.8) is 0 Å². The molecule has 0 saturated carbocycles. The minimum atomic E-state index is -0.609. The van der Waals surface area contributed by atoms with Gasteiger partial charge in [0.25, 0.3) is 0 Å². The summed E-state index contributed by atoms with van der Waals surface area (Å²) in [5.74, 6) is 0. The average molecular weight is 879 g/mol. The maximum absolute atomic E-state index is 2.47. The average Bonchev–Trinajstić information content (AvgIpc) is 3.93. The molecule has 1 aliphatic rings. The Morgan fingerprint density at radius 1 is 0.290 bits per heavy atom. The van der Waals surface area contributed by atoms with Crippen LogP contribution < -0.4 is 4.90 Å². The van der Waals surface area contributed by atoms with E-state index in [-0.39, 0.29) is 0 Å². The van der Waals surface area contributed by atoms with E-state index in [2.05, 4.69) is 289 Å². The van der Waals surface area contributed by atoms with Gasteiger partial charge in [-0.25, -0.2) is 0 Å². The Hall–Kier alpha value is -8.98. The van der Waals surface area contributed by atoms with Gasteiger partial charge in [-0.2, -0.15) is 0 Å². The van der Waals surface area contributed by atoms with Crippen LogP contribution >= 0.6 is 0 Å². The molecule has 0 saturated heterocycles. The summed E-state index contributed by atoms with van der Waals surface area (Å²) in [6.45, 7) is 0. The lowest BCUT2D eigenvalue weighted by Crippen LogP contribution is -2.28. The smallest absolute Gasteiger partial charge is 0.0714 e. The first-order valence-electron chi connectivity index (χ1n) is 23.8. The largest absolute Gasteiger partial charge is 0.310 e.